The van der Waals surface area contributed by atoms with E-state index in [9.17, 15) is 0 Å². The molecule has 5 rings (SSSR count). The lowest BCUT2D eigenvalue weighted by Crippen LogP contribution is -2.53. The summed E-state index contributed by atoms with van der Waals surface area (Å²) in [5.41, 5.74) is 2.87. The van der Waals surface area contributed by atoms with Gasteiger partial charge in [0.05, 0.1) is 0 Å². The van der Waals surface area contributed by atoms with Crippen LogP contribution >= 0.6 is 0 Å². The third-order valence-electron chi connectivity index (χ3n) is 9.37. The Morgan fingerprint density at radius 1 is 0.810 bits per heavy atom. The van der Waals surface area contributed by atoms with Crippen LogP contribution in [0.4, 0.5) is 0 Å². The Morgan fingerprint density at radius 3 is 2.38 bits per heavy atom. The molecule has 6 nitrogen and oxygen atoms in total. The summed E-state index contributed by atoms with van der Waals surface area (Å²) in [5.74, 6) is 0. The van der Waals surface area contributed by atoms with Gasteiger partial charge in [0.1, 0.15) is 0 Å². The Balaban J connectivity index is 1.27. The highest BCUT2D eigenvalue weighted by Crippen LogP contribution is 2.21. The number of hydrogen-bond donors (Lipinski definition) is 2. The van der Waals surface area contributed by atoms with Crippen LogP contribution in [0.2, 0.25) is 0 Å². The van der Waals surface area contributed by atoms with Gasteiger partial charge in [-0.2, -0.15) is 0 Å². The van der Waals surface area contributed by atoms with Crippen molar-refractivity contribution in [3.63, 3.8) is 0 Å². The highest BCUT2D eigenvalue weighted by atomic mass is 15.3. The molecule has 0 saturated carbocycles. The lowest BCUT2D eigenvalue weighted by Gasteiger charge is -2.35. The molecule has 0 radical (unpaired) electrons. The quantitative estimate of drug-likeness (QED) is 0.290. The summed E-state index contributed by atoms with van der Waals surface area (Å²) in [4.78, 5) is 10.1. The first kappa shape index (κ1) is 31.1. The number of likely N-dealkylation sites (N-methyl/N-ethyl adjacent to an activating group) is 2. The number of rotatable bonds is 15. The SMILES string of the molecule is CN(C)CCN1CCC[C@H]1CN[C@H](CN[C@@H](Cc1cccc2ccccc12)CN1CCN(C)CC1)Cc1ccccc1. The predicted molar refractivity (Wildman–Crippen MR) is 178 cm³/mol. The second kappa shape index (κ2) is 15.9. The van der Waals surface area contributed by atoms with E-state index in [0.29, 0.717) is 18.1 Å². The number of piperazine rings is 1. The van der Waals surface area contributed by atoms with Crippen LogP contribution in [-0.4, -0.2) is 124 Å². The summed E-state index contributed by atoms with van der Waals surface area (Å²) >= 11 is 0. The van der Waals surface area contributed by atoms with Crippen LogP contribution in [0.15, 0.2) is 72.8 Å². The van der Waals surface area contributed by atoms with Crippen molar-refractivity contribution < 1.29 is 0 Å². The Morgan fingerprint density at radius 2 is 1.57 bits per heavy atom. The molecule has 3 aromatic carbocycles. The zero-order valence-electron chi connectivity index (χ0n) is 26.3. The van der Waals surface area contributed by atoms with Crippen molar-refractivity contribution in [2.75, 3.05) is 86.6 Å². The maximum atomic E-state index is 4.10. The molecule has 228 valence electrons. The summed E-state index contributed by atoms with van der Waals surface area (Å²) in [6.45, 7) is 11.3. The van der Waals surface area contributed by atoms with Gasteiger partial charge in [0.15, 0.2) is 0 Å². The van der Waals surface area contributed by atoms with E-state index in [1.165, 1.54) is 47.8 Å². The maximum Gasteiger partial charge on any atom is 0.0236 e. The average Bonchev–Trinajstić information content (AvgIpc) is 3.46. The average molecular weight is 571 g/mol. The fraction of sp³-hybridized carbons (Fsp3) is 0.556. The smallest absolute Gasteiger partial charge is 0.0236 e. The van der Waals surface area contributed by atoms with Gasteiger partial charge in [-0.05, 0) is 75.3 Å². The molecular formula is C36H54N6. The first-order valence-electron chi connectivity index (χ1n) is 16.3. The van der Waals surface area contributed by atoms with E-state index < -0.39 is 0 Å². The second-order valence-electron chi connectivity index (χ2n) is 13.0. The number of likely N-dealkylation sites (tertiary alicyclic amines) is 1. The van der Waals surface area contributed by atoms with Crippen molar-refractivity contribution in [1.82, 2.24) is 30.2 Å². The van der Waals surface area contributed by atoms with Crippen molar-refractivity contribution in [2.24, 2.45) is 0 Å². The molecule has 6 heteroatoms. The molecule has 2 N–H and O–H groups in total. The molecule has 2 aliphatic rings. The molecule has 42 heavy (non-hydrogen) atoms. The van der Waals surface area contributed by atoms with Gasteiger partial charge in [-0.25, -0.2) is 0 Å². The van der Waals surface area contributed by atoms with Crippen molar-refractivity contribution in [3.05, 3.63) is 83.9 Å². The van der Waals surface area contributed by atoms with Crippen molar-refractivity contribution in [1.29, 1.82) is 0 Å². The second-order valence-corrected chi connectivity index (χ2v) is 13.0. The lowest BCUT2D eigenvalue weighted by molar-refractivity contribution is 0.141. The summed E-state index contributed by atoms with van der Waals surface area (Å²) in [5, 5.41) is 10.9. The van der Waals surface area contributed by atoms with Gasteiger partial charge in [-0.3, -0.25) is 9.80 Å². The fourth-order valence-electron chi connectivity index (χ4n) is 6.76. The van der Waals surface area contributed by atoms with Crippen LogP contribution in [0.25, 0.3) is 10.8 Å². The number of fused-ring (bicyclic) bond motifs is 1. The minimum Gasteiger partial charge on any atom is -0.311 e. The topological polar surface area (TPSA) is 37.0 Å². The molecule has 2 aliphatic heterocycles. The summed E-state index contributed by atoms with van der Waals surface area (Å²) in [6.07, 6.45) is 4.72. The van der Waals surface area contributed by atoms with Crippen molar-refractivity contribution >= 4 is 10.8 Å². The van der Waals surface area contributed by atoms with E-state index in [0.717, 1.165) is 65.2 Å². The Bertz CT molecular complexity index is 1190. The summed E-state index contributed by atoms with van der Waals surface area (Å²) < 4.78 is 0. The molecular weight excluding hydrogens is 516 g/mol. The zero-order chi connectivity index (χ0) is 29.1. The van der Waals surface area contributed by atoms with Crippen LogP contribution < -0.4 is 10.6 Å². The van der Waals surface area contributed by atoms with E-state index in [-0.39, 0.29) is 0 Å². The Kier molecular flexibility index (Phi) is 11.8. The molecule has 0 aromatic heterocycles. The molecule has 0 bridgehead atoms. The number of nitrogens with one attached hydrogen (secondary N) is 2. The molecule has 2 fully saturated rings. The van der Waals surface area contributed by atoms with E-state index in [4.69, 9.17) is 0 Å². The van der Waals surface area contributed by atoms with Gasteiger partial charge < -0.3 is 20.4 Å². The molecule has 2 heterocycles. The van der Waals surface area contributed by atoms with E-state index in [1.54, 1.807) is 0 Å². The molecule has 3 aromatic rings. The predicted octanol–water partition coefficient (Wildman–Crippen LogP) is 3.81. The van der Waals surface area contributed by atoms with Gasteiger partial charge in [-0.1, -0.05) is 72.8 Å². The first-order valence-corrected chi connectivity index (χ1v) is 16.3. The summed E-state index contributed by atoms with van der Waals surface area (Å²) in [7, 11) is 6.61. The van der Waals surface area contributed by atoms with Gasteiger partial charge in [-0.15, -0.1) is 0 Å². The number of hydrogen-bond acceptors (Lipinski definition) is 6. The van der Waals surface area contributed by atoms with Gasteiger partial charge in [0.25, 0.3) is 0 Å². The van der Waals surface area contributed by atoms with Crippen LogP contribution in [0.3, 0.4) is 0 Å². The fourth-order valence-corrected chi connectivity index (χ4v) is 6.76. The minimum atomic E-state index is 0.395. The summed E-state index contributed by atoms with van der Waals surface area (Å²) in [6, 6.07) is 28.2. The van der Waals surface area contributed by atoms with Gasteiger partial charge >= 0.3 is 0 Å². The van der Waals surface area contributed by atoms with Gasteiger partial charge in [0.2, 0.25) is 0 Å². The van der Waals surface area contributed by atoms with Crippen molar-refractivity contribution in [2.45, 2.75) is 43.8 Å². The van der Waals surface area contributed by atoms with Crippen LogP contribution in [0.1, 0.15) is 24.0 Å². The van der Waals surface area contributed by atoms with Crippen LogP contribution in [0.5, 0.6) is 0 Å². The Labute approximate surface area is 255 Å². The monoisotopic (exact) mass is 570 g/mol. The Hall–Kier alpha value is -2.32. The van der Waals surface area contributed by atoms with E-state index in [2.05, 4.69) is 124 Å². The van der Waals surface area contributed by atoms with Crippen LogP contribution in [0, 0.1) is 0 Å². The molecule has 0 unspecified atom stereocenters. The molecule has 0 amide bonds. The molecule has 0 spiro atoms. The van der Waals surface area contributed by atoms with E-state index in [1.807, 2.05) is 0 Å². The third kappa shape index (κ3) is 9.34. The number of benzene rings is 3. The zero-order valence-corrected chi connectivity index (χ0v) is 26.3. The third-order valence-corrected chi connectivity index (χ3v) is 9.37. The maximum absolute atomic E-state index is 4.10. The number of nitrogens with zero attached hydrogens (tertiary/aromatic N) is 4. The molecule has 3 atom stereocenters. The van der Waals surface area contributed by atoms with Crippen LogP contribution in [-0.2, 0) is 12.8 Å². The molecule has 2 saturated heterocycles. The van der Waals surface area contributed by atoms with Gasteiger partial charge in [0, 0.05) is 77.0 Å². The highest BCUT2D eigenvalue weighted by Gasteiger charge is 2.26. The normalized spacial score (nSPS) is 20.4. The largest absolute Gasteiger partial charge is 0.311 e. The highest BCUT2D eigenvalue weighted by molar-refractivity contribution is 5.85. The molecule has 0 aliphatic carbocycles. The van der Waals surface area contributed by atoms with Crippen molar-refractivity contribution in [3.8, 4) is 0 Å². The first-order chi connectivity index (χ1) is 20.5. The minimum absolute atomic E-state index is 0.395. The standard InChI is InChI=1S/C36H54N6/c1-39(2)19-24-42-18-10-16-35(42)28-38-33(25-30-11-5-4-6-12-30)27-37-34(29-41-22-20-40(3)21-23-41)26-32-15-9-14-31-13-7-8-17-36(31)32/h4-9,11-15,17,33-35,37-38H,10,16,18-29H2,1-3H3/t33-,34-,35-/m0/s1. The van der Waals surface area contributed by atoms with E-state index >= 15 is 0 Å². The lowest BCUT2D eigenvalue weighted by atomic mass is 9.97.